The van der Waals surface area contributed by atoms with Gasteiger partial charge in [0.1, 0.15) is 5.41 Å². The molecule has 1 amide bonds. The van der Waals surface area contributed by atoms with Crippen molar-refractivity contribution in [1.82, 2.24) is 0 Å². The van der Waals surface area contributed by atoms with Gasteiger partial charge < -0.3 is 4.90 Å². The highest BCUT2D eigenvalue weighted by Gasteiger charge is 2.50. The van der Waals surface area contributed by atoms with Crippen LogP contribution in [0.2, 0.25) is 0 Å². The molecular weight excluding hydrogens is 224 g/mol. The topological polar surface area (TPSA) is 44.1 Å². The molecule has 1 aromatic rings. The third kappa shape index (κ3) is 1.99. The Kier molecular flexibility index (Phi) is 3.13. The standard InChI is InChI=1S/C15H18N2O/c1-11-5-4-6-13(7-11)17(3)14(18)15(10-16)8-12(2)9-15/h4-7,12H,8-9H2,1-3H3. The Morgan fingerprint density at radius 3 is 2.67 bits per heavy atom. The average molecular weight is 242 g/mol. The Balaban J connectivity index is 2.22. The van der Waals surface area contributed by atoms with Gasteiger partial charge in [-0.15, -0.1) is 0 Å². The fraction of sp³-hybridized carbons (Fsp3) is 0.467. The first-order chi connectivity index (χ1) is 8.48. The van der Waals surface area contributed by atoms with Crippen molar-refractivity contribution >= 4 is 11.6 Å². The molecule has 0 heterocycles. The number of rotatable bonds is 2. The molecule has 18 heavy (non-hydrogen) atoms. The van der Waals surface area contributed by atoms with E-state index in [1.54, 1.807) is 11.9 Å². The van der Waals surface area contributed by atoms with E-state index in [4.69, 9.17) is 0 Å². The Hall–Kier alpha value is -1.82. The summed E-state index contributed by atoms with van der Waals surface area (Å²) >= 11 is 0. The molecule has 3 nitrogen and oxygen atoms in total. The van der Waals surface area contributed by atoms with Crippen LogP contribution in [0.5, 0.6) is 0 Å². The van der Waals surface area contributed by atoms with Crippen molar-refractivity contribution in [3.63, 3.8) is 0 Å². The fourth-order valence-electron chi connectivity index (χ4n) is 2.72. The van der Waals surface area contributed by atoms with Crippen molar-refractivity contribution in [2.24, 2.45) is 11.3 Å². The van der Waals surface area contributed by atoms with E-state index >= 15 is 0 Å². The molecule has 1 aliphatic rings. The van der Waals surface area contributed by atoms with Gasteiger partial charge in [-0.3, -0.25) is 4.79 Å². The normalized spacial score (nSPS) is 26.0. The van der Waals surface area contributed by atoms with Crippen molar-refractivity contribution in [3.05, 3.63) is 29.8 Å². The molecule has 1 fully saturated rings. The van der Waals surface area contributed by atoms with Gasteiger partial charge in [0.25, 0.3) is 0 Å². The Bertz CT molecular complexity index is 509. The molecule has 1 saturated carbocycles. The summed E-state index contributed by atoms with van der Waals surface area (Å²) in [6, 6.07) is 10.0. The molecule has 1 aliphatic carbocycles. The lowest BCUT2D eigenvalue weighted by molar-refractivity contribution is -0.130. The van der Waals surface area contributed by atoms with Gasteiger partial charge in [-0.25, -0.2) is 0 Å². The summed E-state index contributed by atoms with van der Waals surface area (Å²) in [5, 5.41) is 9.28. The van der Waals surface area contributed by atoms with Crippen LogP contribution in [0, 0.1) is 29.6 Å². The van der Waals surface area contributed by atoms with Gasteiger partial charge in [-0.1, -0.05) is 19.1 Å². The quantitative estimate of drug-likeness (QED) is 0.800. The maximum atomic E-state index is 12.4. The summed E-state index contributed by atoms with van der Waals surface area (Å²) in [7, 11) is 1.75. The zero-order chi connectivity index (χ0) is 13.3. The molecule has 0 bridgehead atoms. The van der Waals surface area contributed by atoms with Crippen LogP contribution in [0.15, 0.2) is 24.3 Å². The van der Waals surface area contributed by atoms with E-state index in [1.807, 2.05) is 31.2 Å². The number of anilines is 1. The first kappa shape index (κ1) is 12.6. The van der Waals surface area contributed by atoms with Gasteiger partial charge in [-0.2, -0.15) is 5.26 Å². The van der Waals surface area contributed by atoms with Gasteiger partial charge in [-0.05, 0) is 43.4 Å². The number of nitrogens with zero attached hydrogens (tertiary/aromatic N) is 2. The van der Waals surface area contributed by atoms with Crippen LogP contribution in [0.1, 0.15) is 25.3 Å². The van der Waals surface area contributed by atoms with Crippen LogP contribution in [0.3, 0.4) is 0 Å². The Morgan fingerprint density at radius 2 is 2.17 bits per heavy atom. The smallest absolute Gasteiger partial charge is 0.247 e. The second-order valence-corrected chi connectivity index (χ2v) is 5.41. The fourth-order valence-corrected chi connectivity index (χ4v) is 2.72. The average Bonchev–Trinajstić information content (AvgIpc) is 2.33. The number of hydrogen-bond donors (Lipinski definition) is 0. The highest BCUT2D eigenvalue weighted by Crippen LogP contribution is 2.46. The molecule has 0 aromatic heterocycles. The van der Waals surface area contributed by atoms with E-state index in [9.17, 15) is 10.1 Å². The second-order valence-electron chi connectivity index (χ2n) is 5.41. The third-order valence-corrected chi connectivity index (χ3v) is 3.71. The number of hydrogen-bond acceptors (Lipinski definition) is 2. The van der Waals surface area contributed by atoms with Gasteiger partial charge in [0, 0.05) is 12.7 Å². The largest absolute Gasteiger partial charge is 0.314 e. The lowest BCUT2D eigenvalue weighted by atomic mass is 9.63. The maximum absolute atomic E-state index is 12.4. The predicted octanol–water partition coefficient (Wildman–Crippen LogP) is 2.90. The zero-order valence-electron chi connectivity index (χ0n) is 11.1. The van der Waals surface area contributed by atoms with Crippen molar-refractivity contribution in [2.45, 2.75) is 26.7 Å². The zero-order valence-corrected chi connectivity index (χ0v) is 11.1. The van der Waals surface area contributed by atoms with Crippen LogP contribution in [-0.2, 0) is 4.79 Å². The summed E-state index contributed by atoms with van der Waals surface area (Å²) < 4.78 is 0. The Morgan fingerprint density at radius 1 is 1.50 bits per heavy atom. The van der Waals surface area contributed by atoms with Crippen LogP contribution in [0.25, 0.3) is 0 Å². The summed E-state index contributed by atoms with van der Waals surface area (Å²) in [6.07, 6.45) is 1.36. The van der Waals surface area contributed by atoms with Crippen LogP contribution in [-0.4, -0.2) is 13.0 Å². The monoisotopic (exact) mass is 242 g/mol. The molecule has 0 aliphatic heterocycles. The summed E-state index contributed by atoms with van der Waals surface area (Å²) in [5.41, 5.74) is 1.17. The number of carbonyl (C=O) groups excluding carboxylic acids is 1. The molecule has 0 spiro atoms. The molecule has 2 rings (SSSR count). The molecule has 94 valence electrons. The molecular formula is C15H18N2O. The van der Waals surface area contributed by atoms with Crippen molar-refractivity contribution in [2.75, 3.05) is 11.9 Å². The van der Waals surface area contributed by atoms with Gasteiger partial charge in [0.2, 0.25) is 5.91 Å². The number of aryl methyl sites for hydroxylation is 1. The SMILES string of the molecule is Cc1cccc(N(C)C(=O)C2(C#N)CC(C)C2)c1. The van der Waals surface area contributed by atoms with E-state index in [1.165, 1.54) is 0 Å². The molecule has 0 N–H and O–H groups in total. The second kappa shape index (κ2) is 4.45. The first-order valence-electron chi connectivity index (χ1n) is 6.24. The summed E-state index contributed by atoms with van der Waals surface area (Å²) in [5.74, 6) is 0.396. The minimum Gasteiger partial charge on any atom is -0.314 e. The van der Waals surface area contributed by atoms with Gasteiger partial charge in [0.05, 0.1) is 6.07 Å². The van der Waals surface area contributed by atoms with E-state index in [-0.39, 0.29) is 5.91 Å². The number of amides is 1. The Labute approximate surface area is 108 Å². The predicted molar refractivity (Wildman–Crippen MR) is 71.0 cm³/mol. The molecule has 0 unspecified atom stereocenters. The molecule has 0 saturated heterocycles. The molecule has 0 radical (unpaired) electrons. The van der Waals surface area contributed by atoms with Crippen LogP contribution in [0.4, 0.5) is 5.69 Å². The van der Waals surface area contributed by atoms with E-state index < -0.39 is 5.41 Å². The summed E-state index contributed by atoms with van der Waals surface area (Å²) in [6.45, 7) is 4.07. The number of benzene rings is 1. The van der Waals surface area contributed by atoms with E-state index in [0.29, 0.717) is 18.8 Å². The van der Waals surface area contributed by atoms with Gasteiger partial charge in [0.15, 0.2) is 0 Å². The number of nitriles is 1. The van der Waals surface area contributed by atoms with E-state index in [2.05, 4.69) is 13.0 Å². The highest BCUT2D eigenvalue weighted by molar-refractivity contribution is 5.99. The van der Waals surface area contributed by atoms with Crippen LogP contribution >= 0.6 is 0 Å². The molecule has 0 atom stereocenters. The maximum Gasteiger partial charge on any atom is 0.247 e. The van der Waals surface area contributed by atoms with Crippen molar-refractivity contribution in [1.29, 1.82) is 5.26 Å². The highest BCUT2D eigenvalue weighted by atomic mass is 16.2. The lowest BCUT2D eigenvalue weighted by Crippen LogP contribution is -2.48. The number of carbonyl (C=O) groups is 1. The van der Waals surface area contributed by atoms with E-state index in [0.717, 1.165) is 11.3 Å². The first-order valence-corrected chi connectivity index (χ1v) is 6.24. The third-order valence-electron chi connectivity index (χ3n) is 3.71. The van der Waals surface area contributed by atoms with Crippen LogP contribution < -0.4 is 4.90 Å². The molecule has 1 aromatic carbocycles. The minimum absolute atomic E-state index is 0.0753. The van der Waals surface area contributed by atoms with Crippen molar-refractivity contribution < 1.29 is 4.79 Å². The van der Waals surface area contributed by atoms with Gasteiger partial charge >= 0.3 is 0 Å². The molecule has 3 heteroatoms. The van der Waals surface area contributed by atoms with Crippen molar-refractivity contribution in [3.8, 4) is 6.07 Å². The summed E-state index contributed by atoms with van der Waals surface area (Å²) in [4.78, 5) is 14.1. The minimum atomic E-state index is -0.794. The lowest BCUT2D eigenvalue weighted by Gasteiger charge is -2.41.